The molecule has 0 aliphatic carbocycles. The predicted molar refractivity (Wildman–Crippen MR) is 82.0 cm³/mol. The topological polar surface area (TPSA) is 55.6 Å². The Bertz CT molecular complexity index is 485. The molecule has 0 aromatic heterocycles. The lowest BCUT2D eigenvalue weighted by Crippen LogP contribution is -2.22. The molecule has 20 heavy (non-hydrogen) atoms. The fraction of sp³-hybridized carbons (Fsp3) is 0.562. The van der Waals surface area contributed by atoms with Crippen molar-refractivity contribution in [3.05, 3.63) is 23.8 Å². The zero-order chi connectivity index (χ0) is 14.7. The molecule has 0 amide bonds. The Hall–Kier alpha value is -1.71. The Morgan fingerprint density at radius 3 is 2.85 bits per heavy atom. The highest BCUT2D eigenvalue weighted by atomic mass is 16.5. The third kappa shape index (κ3) is 3.06. The molecule has 0 saturated carbocycles. The van der Waals surface area contributed by atoms with Crippen LogP contribution in [0.5, 0.6) is 0 Å². The average molecular weight is 276 g/mol. The first-order chi connectivity index (χ1) is 9.52. The molecular formula is C16H24N2O2. The van der Waals surface area contributed by atoms with Crippen LogP contribution in [0.3, 0.4) is 0 Å². The number of hydrogen-bond acceptors (Lipinski definition) is 4. The second kappa shape index (κ2) is 6.16. The Kier molecular flexibility index (Phi) is 4.53. The number of carbonyl (C=O) groups is 1. The van der Waals surface area contributed by atoms with Gasteiger partial charge in [-0.1, -0.05) is 13.8 Å². The van der Waals surface area contributed by atoms with Crippen molar-refractivity contribution in [1.82, 2.24) is 0 Å². The van der Waals surface area contributed by atoms with Gasteiger partial charge < -0.3 is 15.4 Å². The molecule has 2 rings (SSSR count). The van der Waals surface area contributed by atoms with Crippen LogP contribution < -0.4 is 10.6 Å². The van der Waals surface area contributed by atoms with Crippen LogP contribution >= 0.6 is 0 Å². The summed E-state index contributed by atoms with van der Waals surface area (Å²) in [5, 5.41) is 0. The average Bonchev–Trinajstić information content (AvgIpc) is 2.89. The highest BCUT2D eigenvalue weighted by Crippen LogP contribution is 2.32. The second-order valence-electron chi connectivity index (χ2n) is 5.73. The number of nitrogens with zero attached hydrogens (tertiary/aromatic N) is 1. The summed E-state index contributed by atoms with van der Waals surface area (Å²) < 4.78 is 5.05. The Morgan fingerprint density at radius 1 is 1.50 bits per heavy atom. The largest absolute Gasteiger partial charge is 0.462 e. The molecule has 1 aliphatic rings. The standard InChI is InChI=1S/C16H24N2O2/c1-4-20-16(19)12-5-6-14(17)15(9-12)18-8-7-13(10-18)11(2)3/h5-6,9,11,13H,4,7-8,10,17H2,1-3H3. The van der Waals surface area contributed by atoms with Crippen LogP contribution in [0.15, 0.2) is 18.2 Å². The van der Waals surface area contributed by atoms with Gasteiger partial charge in [-0.3, -0.25) is 0 Å². The number of ether oxygens (including phenoxy) is 1. The third-order valence-electron chi connectivity index (χ3n) is 4.05. The molecule has 0 radical (unpaired) electrons. The number of rotatable bonds is 4. The van der Waals surface area contributed by atoms with Crippen molar-refractivity contribution in [3.63, 3.8) is 0 Å². The van der Waals surface area contributed by atoms with Crippen molar-refractivity contribution in [2.45, 2.75) is 27.2 Å². The second-order valence-corrected chi connectivity index (χ2v) is 5.73. The Labute approximate surface area is 120 Å². The maximum Gasteiger partial charge on any atom is 0.338 e. The molecule has 1 heterocycles. The van der Waals surface area contributed by atoms with Gasteiger partial charge in [0.05, 0.1) is 23.5 Å². The Balaban J connectivity index is 2.19. The summed E-state index contributed by atoms with van der Waals surface area (Å²) in [6.07, 6.45) is 1.18. The lowest BCUT2D eigenvalue weighted by atomic mass is 9.95. The van der Waals surface area contributed by atoms with Crippen molar-refractivity contribution in [2.75, 3.05) is 30.3 Å². The van der Waals surface area contributed by atoms with Crippen LogP contribution in [0.4, 0.5) is 11.4 Å². The van der Waals surface area contributed by atoms with Crippen LogP contribution in [-0.4, -0.2) is 25.7 Å². The predicted octanol–water partition coefficient (Wildman–Crippen LogP) is 2.93. The molecule has 2 N–H and O–H groups in total. The van der Waals surface area contributed by atoms with Crippen LogP contribution in [0.2, 0.25) is 0 Å². The van der Waals surface area contributed by atoms with Gasteiger partial charge in [-0.2, -0.15) is 0 Å². The summed E-state index contributed by atoms with van der Waals surface area (Å²) in [4.78, 5) is 14.1. The number of nitrogens with two attached hydrogens (primary N) is 1. The van der Waals surface area contributed by atoms with Gasteiger partial charge in [0.2, 0.25) is 0 Å². The van der Waals surface area contributed by atoms with Gasteiger partial charge in [-0.05, 0) is 43.4 Å². The highest BCUT2D eigenvalue weighted by molar-refractivity contribution is 5.92. The molecule has 1 unspecified atom stereocenters. The lowest BCUT2D eigenvalue weighted by Gasteiger charge is -2.22. The maximum absolute atomic E-state index is 11.8. The molecule has 1 fully saturated rings. The van der Waals surface area contributed by atoms with Gasteiger partial charge in [0.1, 0.15) is 0 Å². The van der Waals surface area contributed by atoms with Gasteiger partial charge in [0.15, 0.2) is 0 Å². The first kappa shape index (κ1) is 14.7. The number of nitrogen functional groups attached to an aromatic ring is 1. The molecule has 4 heteroatoms. The summed E-state index contributed by atoms with van der Waals surface area (Å²) in [6.45, 7) is 8.72. The van der Waals surface area contributed by atoms with E-state index in [1.54, 1.807) is 12.1 Å². The van der Waals surface area contributed by atoms with E-state index in [2.05, 4.69) is 18.7 Å². The number of benzene rings is 1. The molecule has 1 aromatic carbocycles. The molecule has 110 valence electrons. The minimum absolute atomic E-state index is 0.284. The number of hydrogen-bond donors (Lipinski definition) is 1. The normalized spacial score (nSPS) is 18.6. The third-order valence-corrected chi connectivity index (χ3v) is 4.05. The van der Waals surface area contributed by atoms with Crippen LogP contribution in [-0.2, 0) is 4.74 Å². The fourth-order valence-corrected chi connectivity index (χ4v) is 2.71. The quantitative estimate of drug-likeness (QED) is 0.678. The fourth-order valence-electron chi connectivity index (χ4n) is 2.71. The zero-order valence-corrected chi connectivity index (χ0v) is 12.6. The Morgan fingerprint density at radius 2 is 2.25 bits per heavy atom. The van der Waals surface area contributed by atoms with E-state index in [0.29, 0.717) is 24.0 Å². The number of anilines is 2. The lowest BCUT2D eigenvalue weighted by molar-refractivity contribution is 0.0526. The van der Waals surface area contributed by atoms with Crippen LogP contribution in [0, 0.1) is 11.8 Å². The molecule has 4 nitrogen and oxygen atoms in total. The summed E-state index contributed by atoms with van der Waals surface area (Å²) in [6, 6.07) is 5.38. The molecule has 0 bridgehead atoms. The van der Waals surface area contributed by atoms with E-state index in [1.807, 2.05) is 13.0 Å². The van der Waals surface area contributed by atoms with E-state index in [0.717, 1.165) is 24.5 Å². The number of esters is 1. The monoisotopic (exact) mass is 276 g/mol. The SMILES string of the molecule is CCOC(=O)c1ccc(N)c(N2CCC(C(C)C)C2)c1. The smallest absolute Gasteiger partial charge is 0.338 e. The molecule has 0 spiro atoms. The van der Waals surface area contributed by atoms with Crippen LogP contribution in [0.25, 0.3) is 0 Å². The van der Waals surface area contributed by atoms with Crippen molar-refractivity contribution in [2.24, 2.45) is 11.8 Å². The minimum Gasteiger partial charge on any atom is -0.462 e. The zero-order valence-electron chi connectivity index (χ0n) is 12.6. The maximum atomic E-state index is 11.8. The molecule has 1 aliphatic heterocycles. The first-order valence-corrected chi connectivity index (χ1v) is 7.34. The van der Waals surface area contributed by atoms with Gasteiger partial charge in [-0.15, -0.1) is 0 Å². The van der Waals surface area contributed by atoms with Crippen molar-refractivity contribution in [3.8, 4) is 0 Å². The van der Waals surface area contributed by atoms with Gasteiger partial charge in [0, 0.05) is 13.1 Å². The van der Waals surface area contributed by atoms with E-state index in [-0.39, 0.29) is 5.97 Å². The number of carbonyl (C=O) groups excluding carboxylic acids is 1. The highest BCUT2D eigenvalue weighted by Gasteiger charge is 2.26. The molecular weight excluding hydrogens is 252 g/mol. The summed E-state index contributed by atoms with van der Waals surface area (Å²) in [5.41, 5.74) is 8.33. The van der Waals surface area contributed by atoms with E-state index >= 15 is 0 Å². The van der Waals surface area contributed by atoms with Gasteiger partial charge in [0.25, 0.3) is 0 Å². The van der Waals surface area contributed by atoms with Crippen molar-refractivity contribution < 1.29 is 9.53 Å². The van der Waals surface area contributed by atoms with Crippen LogP contribution in [0.1, 0.15) is 37.6 Å². The van der Waals surface area contributed by atoms with Crippen molar-refractivity contribution in [1.29, 1.82) is 0 Å². The molecule has 1 atom stereocenters. The molecule has 1 aromatic rings. The van der Waals surface area contributed by atoms with Gasteiger partial charge >= 0.3 is 5.97 Å². The van der Waals surface area contributed by atoms with E-state index in [4.69, 9.17) is 10.5 Å². The summed E-state index contributed by atoms with van der Waals surface area (Å²) in [7, 11) is 0. The minimum atomic E-state index is -0.284. The van der Waals surface area contributed by atoms with E-state index in [9.17, 15) is 4.79 Å². The van der Waals surface area contributed by atoms with E-state index < -0.39 is 0 Å². The van der Waals surface area contributed by atoms with Gasteiger partial charge in [-0.25, -0.2) is 4.79 Å². The summed E-state index contributed by atoms with van der Waals surface area (Å²) >= 11 is 0. The summed E-state index contributed by atoms with van der Waals surface area (Å²) in [5.74, 6) is 1.09. The van der Waals surface area contributed by atoms with E-state index in [1.165, 1.54) is 6.42 Å². The first-order valence-electron chi connectivity index (χ1n) is 7.34. The molecule has 1 saturated heterocycles. The van der Waals surface area contributed by atoms with Crippen molar-refractivity contribution >= 4 is 17.3 Å².